The van der Waals surface area contributed by atoms with E-state index in [4.69, 9.17) is 11.6 Å². The Bertz CT molecular complexity index is 711. The molecule has 1 aliphatic rings. The minimum atomic E-state index is -0.837. The first kappa shape index (κ1) is 13.8. The normalized spacial score (nSPS) is 20.1. The zero-order valence-electron chi connectivity index (χ0n) is 11.0. The molecular weight excluding hydrogens is 297 g/mol. The standard InChI is InChI=1S/C13H11ClFN5O/c1-6-2-3-16-11(19-6)7-4-8(7)13(21)20-12-9(15)10(14)17-5-18-12/h2-3,5,7-8H,4H2,1H3,(H,17,18,20,21)/t7-,8-/m0/s1. The van der Waals surface area contributed by atoms with Gasteiger partial charge in [0.05, 0.1) is 0 Å². The summed E-state index contributed by atoms with van der Waals surface area (Å²) in [6, 6.07) is 1.79. The van der Waals surface area contributed by atoms with Crippen molar-refractivity contribution in [2.45, 2.75) is 19.3 Å². The Balaban J connectivity index is 1.69. The summed E-state index contributed by atoms with van der Waals surface area (Å²) in [5.41, 5.74) is 0.847. The second kappa shape index (κ2) is 5.33. The van der Waals surface area contributed by atoms with Gasteiger partial charge in [-0.3, -0.25) is 4.79 Å². The van der Waals surface area contributed by atoms with Crippen molar-refractivity contribution >= 4 is 23.3 Å². The average molecular weight is 308 g/mol. The molecule has 8 heteroatoms. The fourth-order valence-corrected chi connectivity index (χ4v) is 2.20. The van der Waals surface area contributed by atoms with Crippen molar-refractivity contribution in [2.75, 3.05) is 5.32 Å². The summed E-state index contributed by atoms with van der Waals surface area (Å²) in [5.74, 6) is -1.05. The Labute approximate surface area is 124 Å². The van der Waals surface area contributed by atoms with Gasteiger partial charge in [0.15, 0.2) is 11.0 Å². The number of halogens is 2. The monoisotopic (exact) mass is 307 g/mol. The highest BCUT2D eigenvalue weighted by molar-refractivity contribution is 6.29. The third-order valence-corrected chi connectivity index (χ3v) is 3.52. The van der Waals surface area contributed by atoms with Crippen molar-refractivity contribution < 1.29 is 9.18 Å². The largest absolute Gasteiger partial charge is 0.308 e. The van der Waals surface area contributed by atoms with Crippen molar-refractivity contribution in [1.82, 2.24) is 19.9 Å². The molecule has 0 saturated heterocycles. The molecule has 1 amide bonds. The lowest BCUT2D eigenvalue weighted by Gasteiger charge is -2.05. The number of nitrogens with one attached hydrogen (secondary N) is 1. The molecule has 2 aromatic rings. The van der Waals surface area contributed by atoms with Crippen LogP contribution in [-0.4, -0.2) is 25.8 Å². The molecule has 3 rings (SSSR count). The molecule has 2 heterocycles. The summed E-state index contributed by atoms with van der Waals surface area (Å²) < 4.78 is 13.6. The van der Waals surface area contributed by atoms with E-state index in [9.17, 15) is 9.18 Å². The molecule has 2 atom stereocenters. The fourth-order valence-electron chi connectivity index (χ4n) is 2.06. The van der Waals surface area contributed by atoms with Crippen molar-refractivity contribution in [1.29, 1.82) is 0 Å². The van der Waals surface area contributed by atoms with E-state index < -0.39 is 5.82 Å². The molecule has 1 aliphatic carbocycles. The van der Waals surface area contributed by atoms with Crippen LogP contribution in [0.15, 0.2) is 18.6 Å². The lowest BCUT2D eigenvalue weighted by atomic mass is 10.2. The van der Waals surface area contributed by atoms with Gasteiger partial charge in [-0.1, -0.05) is 11.6 Å². The van der Waals surface area contributed by atoms with E-state index in [0.29, 0.717) is 12.2 Å². The Morgan fingerprint density at radius 2 is 2.24 bits per heavy atom. The predicted molar refractivity (Wildman–Crippen MR) is 73.2 cm³/mol. The highest BCUT2D eigenvalue weighted by atomic mass is 35.5. The summed E-state index contributed by atoms with van der Waals surface area (Å²) >= 11 is 5.54. The maximum Gasteiger partial charge on any atom is 0.229 e. The number of carbonyl (C=O) groups is 1. The SMILES string of the molecule is Cc1ccnc([C@H]2C[C@@H]2C(=O)Nc2ncnc(Cl)c2F)n1. The van der Waals surface area contributed by atoms with Crippen molar-refractivity contribution in [3.05, 3.63) is 41.1 Å². The first-order valence-corrected chi connectivity index (χ1v) is 6.70. The number of nitrogens with zero attached hydrogens (tertiary/aromatic N) is 4. The Hall–Kier alpha value is -2.15. The summed E-state index contributed by atoms with van der Waals surface area (Å²) in [6.07, 6.45) is 3.39. The van der Waals surface area contributed by atoms with Crippen LogP contribution < -0.4 is 5.32 Å². The number of aryl methyl sites for hydroxylation is 1. The summed E-state index contributed by atoms with van der Waals surface area (Å²) in [6.45, 7) is 1.86. The second-order valence-corrected chi connectivity index (χ2v) is 5.18. The third-order valence-electron chi connectivity index (χ3n) is 3.26. The zero-order chi connectivity index (χ0) is 15.0. The molecule has 21 heavy (non-hydrogen) atoms. The maximum absolute atomic E-state index is 13.6. The topological polar surface area (TPSA) is 80.7 Å². The minimum Gasteiger partial charge on any atom is -0.308 e. The van der Waals surface area contributed by atoms with Gasteiger partial charge >= 0.3 is 0 Å². The molecule has 0 aliphatic heterocycles. The molecule has 1 N–H and O–H groups in total. The number of hydrogen-bond donors (Lipinski definition) is 1. The van der Waals surface area contributed by atoms with Crippen LogP contribution in [0.4, 0.5) is 10.2 Å². The fraction of sp³-hybridized carbons (Fsp3) is 0.308. The van der Waals surface area contributed by atoms with Crippen LogP contribution in [0.3, 0.4) is 0 Å². The van der Waals surface area contributed by atoms with Crippen molar-refractivity contribution in [2.24, 2.45) is 5.92 Å². The summed E-state index contributed by atoms with van der Waals surface area (Å²) in [5, 5.41) is 2.10. The van der Waals surface area contributed by atoms with Gasteiger partial charge in [-0.15, -0.1) is 0 Å². The van der Waals surface area contributed by atoms with E-state index in [1.807, 2.05) is 6.92 Å². The number of amides is 1. The summed E-state index contributed by atoms with van der Waals surface area (Å²) in [4.78, 5) is 27.7. The number of aromatic nitrogens is 4. The number of anilines is 1. The van der Waals surface area contributed by atoms with E-state index in [1.165, 1.54) is 0 Å². The van der Waals surface area contributed by atoms with E-state index >= 15 is 0 Å². The van der Waals surface area contributed by atoms with Crippen molar-refractivity contribution in [3.8, 4) is 0 Å². The molecule has 0 spiro atoms. The van der Waals surface area contributed by atoms with Crippen LogP contribution >= 0.6 is 11.6 Å². The predicted octanol–water partition coefficient (Wildman–Crippen LogP) is 2.11. The minimum absolute atomic E-state index is 0.0368. The maximum atomic E-state index is 13.6. The molecular formula is C13H11ClFN5O. The molecule has 6 nitrogen and oxygen atoms in total. The highest BCUT2D eigenvalue weighted by Crippen LogP contribution is 2.46. The van der Waals surface area contributed by atoms with Crippen LogP contribution in [0, 0.1) is 18.7 Å². The molecule has 0 unspecified atom stereocenters. The van der Waals surface area contributed by atoms with Crippen LogP contribution in [0.5, 0.6) is 0 Å². The second-order valence-electron chi connectivity index (χ2n) is 4.82. The third kappa shape index (κ3) is 2.82. The number of rotatable bonds is 3. The van der Waals surface area contributed by atoms with Gasteiger partial charge in [0.2, 0.25) is 11.7 Å². The lowest BCUT2D eigenvalue weighted by molar-refractivity contribution is -0.117. The zero-order valence-corrected chi connectivity index (χ0v) is 11.8. The van der Waals surface area contributed by atoms with Gasteiger partial charge in [-0.2, -0.15) is 4.39 Å². The Morgan fingerprint density at radius 1 is 1.43 bits per heavy atom. The molecule has 2 aromatic heterocycles. The van der Waals surface area contributed by atoms with Gasteiger partial charge in [-0.25, -0.2) is 19.9 Å². The first-order valence-electron chi connectivity index (χ1n) is 6.32. The van der Waals surface area contributed by atoms with Gasteiger partial charge < -0.3 is 5.32 Å². The van der Waals surface area contributed by atoms with Crippen LogP contribution in [0.1, 0.15) is 23.9 Å². The first-order chi connectivity index (χ1) is 10.1. The van der Waals surface area contributed by atoms with Crippen LogP contribution in [0.2, 0.25) is 5.15 Å². The van der Waals surface area contributed by atoms with Crippen LogP contribution in [0.25, 0.3) is 0 Å². The van der Waals surface area contributed by atoms with Crippen molar-refractivity contribution in [3.63, 3.8) is 0 Å². The Morgan fingerprint density at radius 3 is 3.00 bits per heavy atom. The van der Waals surface area contributed by atoms with E-state index in [-0.39, 0.29) is 28.7 Å². The number of hydrogen-bond acceptors (Lipinski definition) is 5. The smallest absolute Gasteiger partial charge is 0.229 e. The molecule has 1 fully saturated rings. The van der Waals surface area contributed by atoms with E-state index in [2.05, 4.69) is 25.3 Å². The molecule has 0 radical (unpaired) electrons. The van der Waals surface area contributed by atoms with Gasteiger partial charge in [0, 0.05) is 23.7 Å². The van der Waals surface area contributed by atoms with Gasteiger partial charge in [0.25, 0.3) is 0 Å². The van der Waals surface area contributed by atoms with Gasteiger partial charge in [-0.05, 0) is 19.4 Å². The lowest BCUT2D eigenvalue weighted by Crippen LogP contribution is -2.17. The molecule has 108 valence electrons. The van der Waals surface area contributed by atoms with E-state index in [0.717, 1.165) is 12.0 Å². The van der Waals surface area contributed by atoms with Gasteiger partial charge in [0.1, 0.15) is 12.2 Å². The highest BCUT2D eigenvalue weighted by Gasteiger charge is 2.46. The van der Waals surface area contributed by atoms with Crippen LogP contribution in [-0.2, 0) is 4.79 Å². The average Bonchev–Trinajstić information content (AvgIpc) is 3.24. The quantitative estimate of drug-likeness (QED) is 0.878. The Kier molecular flexibility index (Phi) is 3.50. The number of carbonyl (C=O) groups excluding carboxylic acids is 1. The molecule has 0 bridgehead atoms. The summed E-state index contributed by atoms with van der Waals surface area (Å²) in [7, 11) is 0. The molecule has 0 aromatic carbocycles. The molecule has 1 saturated carbocycles. The van der Waals surface area contributed by atoms with E-state index in [1.54, 1.807) is 12.3 Å².